The van der Waals surface area contributed by atoms with Crippen LogP contribution in [0.15, 0.2) is 42.5 Å². The van der Waals surface area contributed by atoms with Crippen LogP contribution >= 0.6 is 0 Å². The standard InChI is InChI=1S/C19H24FN/c1-4-7-15-8-6-9-16(12-15)19(21-5-2)18-13-17(20)11-10-14(18)3/h6,8-13,19,21H,4-5,7H2,1-3H3. The maximum atomic E-state index is 13.6. The van der Waals surface area contributed by atoms with Crippen molar-refractivity contribution in [3.8, 4) is 0 Å². The van der Waals surface area contributed by atoms with Crippen LogP contribution in [0.3, 0.4) is 0 Å². The molecule has 0 radical (unpaired) electrons. The second-order valence-electron chi connectivity index (χ2n) is 5.49. The number of nitrogens with one attached hydrogen (secondary N) is 1. The van der Waals surface area contributed by atoms with E-state index in [1.165, 1.54) is 17.2 Å². The second kappa shape index (κ2) is 7.37. The fraction of sp³-hybridized carbons (Fsp3) is 0.368. The van der Waals surface area contributed by atoms with Crippen molar-refractivity contribution in [2.45, 2.75) is 39.7 Å². The third-order valence-corrected chi connectivity index (χ3v) is 3.78. The van der Waals surface area contributed by atoms with Gasteiger partial charge in [0.2, 0.25) is 0 Å². The van der Waals surface area contributed by atoms with Gasteiger partial charge in [-0.15, -0.1) is 0 Å². The Morgan fingerprint density at radius 1 is 1.10 bits per heavy atom. The van der Waals surface area contributed by atoms with E-state index in [0.29, 0.717) is 0 Å². The summed E-state index contributed by atoms with van der Waals surface area (Å²) in [6, 6.07) is 13.7. The highest BCUT2D eigenvalue weighted by atomic mass is 19.1. The van der Waals surface area contributed by atoms with Gasteiger partial charge in [0, 0.05) is 0 Å². The lowest BCUT2D eigenvalue weighted by Gasteiger charge is -2.21. The minimum Gasteiger partial charge on any atom is -0.307 e. The van der Waals surface area contributed by atoms with E-state index in [1.807, 2.05) is 13.0 Å². The zero-order valence-electron chi connectivity index (χ0n) is 13.1. The summed E-state index contributed by atoms with van der Waals surface area (Å²) in [4.78, 5) is 0. The number of hydrogen-bond acceptors (Lipinski definition) is 1. The molecule has 0 fully saturated rings. The second-order valence-corrected chi connectivity index (χ2v) is 5.49. The molecule has 0 aliphatic heterocycles. The molecular formula is C19H24FN. The topological polar surface area (TPSA) is 12.0 Å². The molecule has 21 heavy (non-hydrogen) atoms. The first-order valence-corrected chi connectivity index (χ1v) is 7.74. The van der Waals surface area contributed by atoms with Gasteiger partial charge in [0.25, 0.3) is 0 Å². The van der Waals surface area contributed by atoms with E-state index in [2.05, 4.69) is 43.4 Å². The summed E-state index contributed by atoms with van der Waals surface area (Å²) in [6.07, 6.45) is 2.21. The highest BCUT2D eigenvalue weighted by Crippen LogP contribution is 2.26. The largest absolute Gasteiger partial charge is 0.307 e. The molecule has 1 unspecified atom stereocenters. The van der Waals surface area contributed by atoms with E-state index in [1.54, 1.807) is 6.07 Å². The van der Waals surface area contributed by atoms with Crippen LogP contribution in [0.1, 0.15) is 48.6 Å². The lowest BCUT2D eigenvalue weighted by atomic mass is 9.93. The molecule has 2 aromatic rings. The molecular weight excluding hydrogens is 261 g/mol. The van der Waals surface area contributed by atoms with Crippen molar-refractivity contribution < 1.29 is 4.39 Å². The van der Waals surface area contributed by atoms with Gasteiger partial charge in [-0.05, 0) is 54.3 Å². The Hall–Kier alpha value is -1.67. The first-order chi connectivity index (χ1) is 10.2. The third kappa shape index (κ3) is 3.92. The van der Waals surface area contributed by atoms with Crippen LogP contribution in [-0.2, 0) is 6.42 Å². The highest BCUT2D eigenvalue weighted by Gasteiger charge is 2.16. The Labute approximate surface area is 127 Å². The quantitative estimate of drug-likeness (QED) is 0.805. The third-order valence-electron chi connectivity index (χ3n) is 3.78. The zero-order valence-corrected chi connectivity index (χ0v) is 13.1. The summed E-state index contributed by atoms with van der Waals surface area (Å²) in [7, 11) is 0. The number of benzene rings is 2. The van der Waals surface area contributed by atoms with E-state index in [4.69, 9.17) is 0 Å². The molecule has 2 aromatic carbocycles. The number of aryl methyl sites for hydroxylation is 2. The van der Waals surface area contributed by atoms with Crippen molar-refractivity contribution in [1.82, 2.24) is 5.32 Å². The van der Waals surface area contributed by atoms with Gasteiger partial charge >= 0.3 is 0 Å². The molecule has 1 atom stereocenters. The Bertz CT molecular complexity index is 592. The van der Waals surface area contributed by atoms with Crippen molar-refractivity contribution in [3.05, 3.63) is 70.5 Å². The van der Waals surface area contributed by atoms with Gasteiger partial charge in [-0.2, -0.15) is 0 Å². The van der Waals surface area contributed by atoms with E-state index in [9.17, 15) is 4.39 Å². The van der Waals surface area contributed by atoms with Crippen molar-refractivity contribution >= 4 is 0 Å². The van der Waals surface area contributed by atoms with Gasteiger partial charge in [0.1, 0.15) is 5.82 Å². The van der Waals surface area contributed by atoms with Crippen LogP contribution in [-0.4, -0.2) is 6.54 Å². The highest BCUT2D eigenvalue weighted by molar-refractivity contribution is 5.38. The lowest BCUT2D eigenvalue weighted by Crippen LogP contribution is -2.23. The fourth-order valence-electron chi connectivity index (χ4n) is 2.75. The molecule has 0 amide bonds. The normalized spacial score (nSPS) is 12.4. The van der Waals surface area contributed by atoms with Crippen LogP contribution in [0, 0.1) is 12.7 Å². The van der Waals surface area contributed by atoms with Gasteiger partial charge in [-0.25, -0.2) is 4.39 Å². The van der Waals surface area contributed by atoms with E-state index in [-0.39, 0.29) is 11.9 Å². The molecule has 1 nitrogen and oxygen atoms in total. The minimum absolute atomic E-state index is 0.0440. The Kier molecular flexibility index (Phi) is 5.51. The van der Waals surface area contributed by atoms with Crippen LogP contribution in [0.4, 0.5) is 4.39 Å². The van der Waals surface area contributed by atoms with Crippen LogP contribution in [0.2, 0.25) is 0 Å². The van der Waals surface area contributed by atoms with E-state index in [0.717, 1.165) is 30.5 Å². The molecule has 0 bridgehead atoms. The Morgan fingerprint density at radius 3 is 2.62 bits per heavy atom. The molecule has 0 saturated carbocycles. The summed E-state index contributed by atoms with van der Waals surface area (Å²) in [5, 5.41) is 3.49. The number of hydrogen-bond donors (Lipinski definition) is 1. The smallest absolute Gasteiger partial charge is 0.123 e. The molecule has 2 rings (SSSR count). The molecule has 0 heterocycles. The van der Waals surface area contributed by atoms with E-state index < -0.39 is 0 Å². The first-order valence-electron chi connectivity index (χ1n) is 7.74. The van der Waals surface area contributed by atoms with E-state index >= 15 is 0 Å². The lowest BCUT2D eigenvalue weighted by molar-refractivity contribution is 0.600. The molecule has 0 saturated heterocycles. The Morgan fingerprint density at radius 2 is 1.90 bits per heavy atom. The molecule has 2 heteroatoms. The summed E-state index contributed by atoms with van der Waals surface area (Å²) in [5.74, 6) is -0.178. The molecule has 0 aliphatic rings. The van der Waals surface area contributed by atoms with Gasteiger partial charge in [0.05, 0.1) is 6.04 Å². The molecule has 0 aromatic heterocycles. The maximum Gasteiger partial charge on any atom is 0.123 e. The summed E-state index contributed by atoms with van der Waals surface area (Å²) in [6.45, 7) is 7.15. The average Bonchev–Trinajstić information content (AvgIpc) is 2.48. The predicted molar refractivity (Wildman–Crippen MR) is 87.1 cm³/mol. The van der Waals surface area contributed by atoms with Gasteiger partial charge in [-0.1, -0.05) is 50.6 Å². The summed E-state index contributed by atoms with van der Waals surface area (Å²) >= 11 is 0. The average molecular weight is 285 g/mol. The monoisotopic (exact) mass is 285 g/mol. The van der Waals surface area contributed by atoms with Gasteiger partial charge in [0.15, 0.2) is 0 Å². The zero-order chi connectivity index (χ0) is 15.2. The van der Waals surface area contributed by atoms with Crippen molar-refractivity contribution in [3.63, 3.8) is 0 Å². The minimum atomic E-state index is -0.178. The first kappa shape index (κ1) is 15.7. The molecule has 0 spiro atoms. The van der Waals surface area contributed by atoms with Crippen LogP contribution in [0.25, 0.3) is 0 Å². The van der Waals surface area contributed by atoms with Crippen LogP contribution < -0.4 is 5.32 Å². The maximum absolute atomic E-state index is 13.6. The predicted octanol–water partition coefficient (Wildman–Crippen LogP) is 4.79. The van der Waals surface area contributed by atoms with Crippen molar-refractivity contribution in [2.75, 3.05) is 6.54 Å². The molecule has 112 valence electrons. The van der Waals surface area contributed by atoms with Crippen molar-refractivity contribution in [1.29, 1.82) is 0 Å². The molecule has 0 aliphatic carbocycles. The Balaban J connectivity index is 2.42. The summed E-state index contributed by atoms with van der Waals surface area (Å²) in [5.41, 5.74) is 4.68. The molecule has 1 N–H and O–H groups in total. The number of halogens is 1. The van der Waals surface area contributed by atoms with Crippen molar-refractivity contribution in [2.24, 2.45) is 0 Å². The fourth-order valence-corrected chi connectivity index (χ4v) is 2.75. The van der Waals surface area contributed by atoms with Crippen LogP contribution in [0.5, 0.6) is 0 Å². The number of rotatable bonds is 6. The SMILES string of the molecule is CCCc1cccc(C(NCC)c2cc(F)ccc2C)c1. The van der Waals surface area contributed by atoms with Gasteiger partial charge in [-0.3, -0.25) is 0 Å². The van der Waals surface area contributed by atoms with Gasteiger partial charge < -0.3 is 5.32 Å². The summed E-state index contributed by atoms with van der Waals surface area (Å²) < 4.78 is 13.6.